The summed E-state index contributed by atoms with van der Waals surface area (Å²) in [5.41, 5.74) is 0.341. The van der Waals surface area contributed by atoms with Crippen LogP contribution in [0.4, 0.5) is 0 Å². The molecule has 4 aliphatic rings. The number of carbonyl (C=O) groups excluding carboxylic acids is 1. The molecule has 1 spiro atoms. The number of nitrogens with one attached hydrogen (secondary N) is 1. The lowest BCUT2D eigenvalue weighted by atomic mass is 9.46. The van der Waals surface area contributed by atoms with Gasteiger partial charge in [0.1, 0.15) is 0 Å². The minimum atomic E-state index is 0.300. The number of hydrogen-bond acceptors (Lipinski definition) is 2. The van der Waals surface area contributed by atoms with Crippen LogP contribution in [0.25, 0.3) is 0 Å². The van der Waals surface area contributed by atoms with Gasteiger partial charge in [0.2, 0.25) is 5.91 Å². The SMILES string of the molecule is O=C(CCC1CCC1)N[C@@H]1[C@@H]2CCO[C@H]2C12CCC2. The molecule has 1 amide bonds. The number of fused-ring (bicyclic) bond motifs is 2. The van der Waals surface area contributed by atoms with Gasteiger partial charge in [-0.05, 0) is 31.6 Å². The van der Waals surface area contributed by atoms with Crippen LogP contribution < -0.4 is 5.32 Å². The Morgan fingerprint density at radius 3 is 2.68 bits per heavy atom. The van der Waals surface area contributed by atoms with Crippen LogP contribution in [-0.4, -0.2) is 24.7 Å². The van der Waals surface area contributed by atoms with Crippen LogP contribution in [0.1, 0.15) is 57.8 Å². The van der Waals surface area contributed by atoms with Gasteiger partial charge in [0.05, 0.1) is 6.10 Å². The maximum absolute atomic E-state index is 12.2. The molecule has 3 aliphatic carbocycles. The fourth-order valence-electron chi connectivity index (χ4n) is 4.82. The molecule has 3 atom stereocenters. The van der Waals surface area contributed by atoms with Gasteiger partial charge in [-0.15, -0.1) is 0 Å². The molecule has 0 aromatic carbocycles. The Morgan fingerprint density at radius 2 is 2.05 bits per heavy atom. The van der Waals surface area contributed by atoms with Crippen molar-refractivity contribution < 1.29 is 9.53 Å². The standard InChI is InChI=1S/C16H25NO2/c18-13(6-5-11-3-1-4-11)17-14-12-7-10-19-15(12)16(14)8-2-9-16/h11-12,14-15H,1-10H2,(H,17,18)/t12-,14+,15+/m0/s1. The van der Waals surface area contributed by atoms with Crippen molar-refractivity contribution >= 4 is 5.91 Å². The lowest BCUT2D eigenvalue weighted by molar-refractivity contribution is -0.179. The van der Waals surface area contributed by atoms with Gasteiger partial charge in [0.15, 0.2) is 0 Å². The minimum absolute atomic E-state index is 0.300. The molecule has 4 rings (SSSR count). The molecular formula is C16H25NO2. The molecule has 3 nitrogen and oxygen atoms in total. The number of ether oxygens (including phenoxy) is 1. The summed E-state index contributed by atoms with van der Waals surface area (Å²) < 4.78 is 5.89. The van der Waals surface area contributed by atoms with Crippen LogP contribution in [0.15, 0.2) is 0 Å². The zero-order valence-electron chi connectivity index (χ0n) is 11.7. The quantitative estimate of drug-likeness (QED) is 0.847. The smallest absolute Gasteiger partial charge is 0.220 e. The van der Waals surface area contributed by atoms with E-state index in [4.69, 9.17) is 4.74 Å². The van der Waals surface area contributed by atoms with Crippen molar-refractivity contribution in [2.75, 3.05) is 6.61 Å². The molecule has 1 aliphatic heterocycles. The van der Waals surface area contributed by atoms with Gasteiger partial charge < -0.3 is 10.1 Å². The fourth-order valence-corrected chi connectivity index (χ4v) is 4.82. The first-order valence-corrected chi connectivity index (χ1v) is 8.20. The molecular weight excluding hydrogens is 238 g/mol. The first-order chi connectivity index (χ1) is 9.29. The topological polar surface area (TPSA) is 38.3 Å². The van der Waals surface area contributed by atoms with Crippen molar-refractivity contribution in [2.45, 2.75) is 69.9 Å². The van der Waals surface area contributed by atoms with Crippen molar-refractivity contribution in [2.24, 2.45) is 17.3 Å². The summed E-state index contributed by atoms with van der Waals surface area (Å²) in [5, 5.41) is 3.37. The number of rotatable bonds is 4. The van der Waals surface area contributed by atoms with Crippen LogP contribution >= 0.6 is 0 Å². The zero-order chi connectivity index (χ0) is 12.9. The largest absolute Gasteiger partial charge is 0.377 e. The lowest BCUT2D eigenvalue weighted by Crippen LogP contribution is -2.71. The predicted octanol–water partition coefficient (Wildman–Crippen LogP) is 2.64. The molecule has 3 saturated carbocycles. The molecule has 0 aromatic heterocycles. The maximum atomic E-state index is 12.2. The summed E-state index contributed by atoms with van der Waals surface area (Å²) in [6, 6.07) is 0.433. The third-order valence-electron chi connectivity index (χ3n) is 6.36. The molecule has 106 valence electrons. The van der Waals surface area contributed by atoms with E-state index in [2.05, 4.69) is 5.32 Å². The highest BCUT2D eigenvalue weighted by Gasteiger charge is 2.66. The second-order valence-corrected chi connectivity index (χ2v) is 7.21. The van der Waals surface area contributed by atoms with Crippen LogP contribution in [0.3, 0.4) is 0 Å². The maximum Gasteiger partial charge on any atom is 0.220 e. The first-order valence-electron chi connectivity index (χ1n) is 8.20. The zero-order valence-corrected chi connectivity index (χ0v) is 11.7. The van der Waals surface area contributed by atoms with E-state index in [1.165, 1.54) is 38.5 Å². The average molecular weight is 263 g/mol. The minimum Gasteiger partial charge on any atom is -0.377 e. The average Bonchev–Trinajstić information content (AvgIpc) is 2.67. The number of amides is 1. The van der Waals surface area contributed by atoms with Crippen molar-refractivity contribution in [3.05, 3.63) is 0 Å². The summed E-state index contributed by atoms with van der Waals surface area (Å²) >= 11 is 0. The monoisotopic (exact) mass is 263 g/mol. The van der Waals surface area contributed by atoms with Crippen molar-refractivity contribution in [3.8, 4) is 0 Å². The summed E-state index contributed by atoms with van der Waals surface area (Å²) in [7, 11) is 0. The van der Waals surface area contributed by atoms with Crippen LogP contribution in [0, 0.1) is 17.3 Å². The molecule has 3 heteroatoms. The Kier molecular flexibility index (Phi) is 2.87. The second kappa shape index (κ2) is 4.47. The molecule has 4 fully saturated rings. The second-order valence-electron chi connectivity index (χ2n) is 7.21. The van der Waals surface area contributed by atoms with E-state index in [9.17, 15) is 4.79 Å². The van der Waals surface area contributed by atoms with Crippen molar-refractivity contribution in [3.63, 3.8) is 0 Å². The molecule has 19 heavy (non-hydrogen) atoms. The molecule has 1 heterocycles. The van der Waals surface area contributed by atoms with E-state index >= 15 is 0 Å². The van der Waals surface area contributed by atoms with Gasteiger partial charge in [-0.1, -0.05) is 25.7 Å². The van der Waals surface area contributed by atoms with Gasteiger partial charge in [0, 0.05) is 30.4 Å². The van der Waals surface area contributed by atoms with E-state index in [-0.39, 0.29) is 0 Å². The van der Waals surface area contributed by atoms with E-state index in [1.54, 1.807) is 0 Å². The summed E-state index contributed by atoms with van der Waals surface area (Å²) in [6.07, 6.45) is 11.4. The first kappa shape index (κ1) is 12.2. The van der Waals surface area contributed by atoms with Gasteiger partial charge in [0.25, 0.3) is 0 Å². The van der Waals surface area contributed by atoms with Gasteiger partial charge >= 0.3 is 0 Å². The van der Waals surface area contributed by atoms with E-state index < -0.39 is 0 Å². The number of hydrogen-bond donors (Lipinski definition) is 1. The van der Waals surface area contributed by atoms with Crippen LogP contribution in [0.5, 0.6) is 0 Å². The Hall–Kier alpha value is -0.570. The molecule has 1 saturated heterocycles. The molecule has 0 aromatic rings. The molecule has 0 unspecified atom stereocenters. The Balaban J connectivity index is 1.32. The third kappa shape index (κ3) is 1.77. The van der Waals surface area contributed by atoms with Gasteiger partial charge in [-0.2, -0.15) is 0 Å². The van der Waals surface area contributed by atoms with Crippen LogP contribution in [0.2, 0.25) is 0 Å². The van der Waals surface area contributed by atoms with Crippen molar-refractivity contribution in [1.29, 1.82) is 0 Å². The van der Waals surface area contributed by atoms with Crippen molar-refractivity contribution in [1.82, 2.24) is 5.32 Å². The van der Waals surface area contributed by atoms with E-state index in [1.807, 2.05) is 0 Å². The van der Waals surface area contributed by atoms with E-state index in [0.717, 1.165) is 31.8 Å². The van der Waals surface area contributed by atoms with E-state index in [0.29, 0.717) is 29.4 Å². The highest BCUT2D eigenvalue weighted by molar-refractivity contribution is 5.76. The fraction of sp³-hybridized carbons (Fsp3) is 0.938. The molecule has 0 bridgehead atoms. The predicted molar refractivity (Wildman–Crippen MR) is 72.6 cm³/mol. The van der Waals surface area contributed by atoms with Gasteiger partial charge in [-0.25, -0.2) is 0 Å². The normalized spacial score (nSPS) is 39.1. The Bertz CT molecular complexity index is 373. The summed E-state index contributed by atoms with van der Waals surface area (Å²) in [6.45, 7) is 0.908. The lowest BCUT2D eigenvalue weighted by Gasteiger charge is -2.63. The van der Waals surface area contributed by atoms with Gasteiger partial charge in [-0.3, -0.25) is 4.79 Å². The molecule has 0 radical (unpaired) electrons. The molecule has 1 N–H and O–H groups in total. The third-order valence-corrected chi connectivity index (χ3v) is 6.36. The summed E-state index contributed by atoms with van der Waals surface area (Å²) in [4.78, 5) is 12.2. The Morgan fingerprint density at radius 1 is 1.21 bits per heavy atom. The number of carbonyl (C=O) groups is 1. The van der Waals surface area contributed by atoms with Crippen LogP contribution in [-0.2, 0) is 9.53 Å². The highest BCUT2D eigenvalue weighted by Crippen LogP contribution is 2.62. The summed E-state index contributed by atoms with van der Waals surface area (Å²) in [5.74, 6) is 1.76. The highest BCUT2D eigenvalue weighted by atomic mass is 16.5. The Labute approximate surface area is 115 Å².